The van der Waals surface area contributed by atoms with Gasteiger partial charge in [-0.15, -0.1) is 13.2 Å². The van der Waals surface area contributed by atoms with Gasteiger partial charge in [-0.25, -0.2) is 8.42 Å². The van der Waals surface area contributed by atoms with Gasteiger partial charge in [-0.1, -0.05) is 5.11 Å². The molecule has 0 spiro atoms. The fourth-order valence-corrected chi connectivity index (χ4v) is 4.17. The molecule has 1 heterocycles. The molecule has 13 heteroatoms. The molecular weight excluding hydrogens is 381 g/mol. The predicted octanol–water partition coefficient (Wildman–Crippen LogP) is 2.50. The lowest BCUT2D eigenvalue weighted by Crippen LogP contribution is -2.50. The quantitative estimate of drug-likeness (QED) is 0.465. The number of sulfonamides is 1. The van der Waals surface area contributed by atoms with Crippen LogP contribution in [0, 0.1) is 0 Å². The van der Waals surface area contributed by atoms with E-state index in [1.165, 1.54) is 0 Å². The van der Waals surface area contributed by atoms with E-state index >= 15 is 0 Å². The van der Waals surface area contributed by atoms with E-state index in [4.69, 9.17) is 5.53 Å². The van der Waals surface area contributed by atoms with E-state index in [1.54, 1.807) is 0 Å². The molecule has 0 bridgehead atoms. The number of halogens is 3. The normalized spacial score (nSPS) is 21.7. The molecule has 0 aromatic heterocycles. The highest BCUT2D eigenvalue weighted by molar-refractivity contribution is 7.89. The average Bonchev–Trinajstić information content (AvgIpc) is 2.54. The first-order valence-corrected chi connectivity index (χ1v) is 8.63. The summed E-state index contributed by atoms with van der Waals surface area (Å²) < 4.78 is 66.2. The predicted molar refractivity (Wildman–Crippen MR) is 80.6 cm³/mol. The van der Waals surface area contributed by atoms with Gasteiger partial charge in [0.15, 0.2) is 0 Å². The molecule has 0 unspecified atom stereocenters. The Kier molecular flexibility index (Phi) is 5.64. The number of rotatable bonds is 5. The highest BCUT2D eigenvalue weighted by atomic mass is 32.2. The minimum atomic E-state index is -4.92. The van der Waals surface area contributed by atoms with Crippen molar-refractivity contribution >= 4 is 16.0 Å². The molecule has 0 radical (unpaired) electrons. The molecule has 1 saturated heterocycles. The Morgan fingerprint density at radius 2 is 1.96 bits per heavy atom. The molecule has 0 saturated carbocycles. The molecule has 26 heavy (non-hydrogen) atoms. The number of benzene rings is 1. The topological polar surface area (TPSA) is 133 Å². The first-order chi connectivity index (χ1) is 12.0. The number of alkyl halides is 3. The summed E-state index contributed by atoms with van der Waals surface area (Å²) in [5.74, 6) is -2.02. The third-order valence-corrected chi connectivity index (χ3v) is 5.61. The number of piperidine rings is 1. The Morgan fingerprint density at radius 3 is 2.46 bits per heavy atom. The Bertz CT molecular complexity index is 821. The first kappa shape index (κ1) is 19.8. The van der Waals surface area contributed by atoms with Crippen LogP contribution in [-0.2, 0) is 14.8 Å². The van der Waals surface area contributed by atoms with E-state index in [1.807, 2.05) is 0 Å². The number of carbonyl (C=O) groups is 1. The molecule has 2 atom stereocenters. The molecule has 1 aliphatic rings. The van der Waals surface area contributed by atoms with Crippen LogP contribution in [-0.4, -0.2) is 48.8 Å². The van der Waals surface area contributed by atoms with Gasteiger partial charge in [0.25, 0.3) is 0 Å². The van der Waals surface area contributed by atoms with E-state index in [-0.39, 0.29) is 24.3 Å². The zero-order valence-corrected chi connectivity index (χ0v) is 13.8. The Morgan fingerprint density at radius 1 is 1.35 bits per heavy atom. The maximum absolute atomic E-state index is 12.7. The van der Waals surface area contributed by atoms with Crippen LogP contribution in [0.5, 0.6) is 5.75 Å². The maximum atomic E-state index is 12.7. The molecule has 142 valence electrons. The largest absolute Gasteiger partial charge is 0.573 e. The lowest BCUT2D eigenvalue weighted by Gasteiger charge is -2.34. The van der Waals surface area contributed by atoms with E-state index < -0.39 is 40.2 Å². The molecule has 2 rings (SSSR count). The fourth-order valence-electron chi connectivity index (χ4n) is 2.56. The molecule has 9 nitrogen and oxygen atoms in total. The van der Waals surface area contributed by atoms with E-state index in [0.29, 0.717) is 0 Å². The van der Waals surface area contributed by atoms with Gasteiger partial charge in [0, 0.05) is 17.5 Å². The number of nitrogens with zero attached hydrogens (tertiary/aromatic N) is 4. The molecule has 1 fully saturated rings. The van der Waals surface area contributed by atoms with Gasteiger partial charge in [-0.2, -0.15) is 4.31 Å². The summed E-state index contributed by atoms with van der Waals surface area (Å²) in [5.41, 5.74) is 8.44. The Hall–Kier alpha value is -2.50. The number of carboxylic acids is 1. The highest BCUT2D eigenvalue weighted by Gasteiger charge is 2.40. The van der Waals surface area contributed by atoms with E-state index in [0.717, 1.165) is 28.6 Å². The van der Waals surface area contributed by atoms with Gasteiger partial charge in [0.2, 0.25) is 10.0 Å². The van der Waals surface area contributed by atoms with Gasteiger partial charge in [-0.3, -0.25) is 4.79 Å². The minimum Gasteiger partial charge on any atom is -0.480 e. The lowest BCUT2D eigenvalue weighted by molar-refractivity contribution is -0.274. The first-order valence-electron chi connectivity index (χ1n) is 7.19. The van der Waals surface area contributed by atoms with Crippen molar-refractivity contribution in [3.63, 3.8) is 0 Å². The van der Waals surface area contributed by atoms with Crippen molar-refractivity contribution in [3.8, 4) is 5.75 Å². The van der Waals surface area contributed by atoms with Crippen LogP contribution >= 0.6 is 0 Å². The second-order valence-electron chi connectivity index (χ2n) is 5.37. The van der Waals surface area contributed by atoms with Crippen molar-refractivity contribution in [2.45, 2.75) is 36.2 Å². The smallest absolute Gasteiger partial charge is 0.480 e. The van der Waals surface area contributed by atoms with Crippen molar-refractivity contribution in [2.24, 2.45) is 5.11 Å². The van der Waals surface area contributed by atoms with Crippen LogP contribution < -0.4 is 4.74 Å². The lowest BCUT2D eigenvalue weighted by atomic mass is 10.0. The number of azide groups is 1. The van der Waals surface area contributed by atoms with Gasteiger partial charge >= 0.3 is 12.3 Å². The maximum Gasteiger partial charge on any atom is 0.573 e. The zero-order valence-electron chi connectivity index (χ0n) is 13.0. The number of aliphatic carboxylic acids is 1. The number of hydrogen-bond acceptors (Lipinski definition) is 5. The van der Waals surface area contributed by atoms with Crippen LogP contribution in [0.3, 0.4) is 0 Å². The van der Waals surface area contributed by atoms with Crippen LogP contribution in [0.4, 0.5) is 13.2 Å². The van der Waals surface area contributed by atoms with Crippen molar-refractivity contribution in [2.75, 3.05) is 6.54 Å². The summed E-state index contributed by atoms with van der Waals surface area (Å²) in [6.45, 7) is -0.205. The van der Waals surface area contributed by atoms with Crippen molar-refractivity contribution < 1.29 is 36.2 Å². The molecule has 0 amide bonds. The summed E-state index contributed by atoms with van der Waals surface area (Å²) in [4.78, 5) is 13.6. The minimum absolute atomic E-state index is 0.127. The van der Waals surface area contributed by atoms with E-state index in [2.05, 4.69) is 14.8 Å². The SMILES string of the molecule is [N-]=[N+]=N[C@@H]1CCN(S(=O)(=O)c2ccc(OC(F)(F)F)cc2)[C@@H](C(=O)O)C1. The monoisotopic (exact) mass is 394 g/mol. The molecule has 0 aliphatic carbocycles. The van der Waals surface area contributed by atoms with Crippen molar-refractivity contribution in [1.29, 1.82) is 0 Å². The van der Waals surface area contributed by atoms with Crippen molar-refractivity contribution in [1.82, 2.24) is 4.31 Å². The highest BCUT2D eigenvalue weighted by Crippen LogP contribution is 2.29. The van der Waals surface area contributed by atoms with Gasteiger partial charge in [-0.05, 0) is 42.6 Å². The Labute approximate surface area is 145 Å². The third-order valence-electron chi connectivity index (χ3n) is 3.69. The Balaban J connectivity index is 2.27. The summed E-state index contributed by atoms with van der Waals surface area (Å²) in [6.07, 6.45) is -4.99. The molecular formula is C13H13F3N4O5S. The van der Waals surface area contributed by atoms with Crippen molar-refractivity contribution in [3.05, 3.63) is 34.7 Å². The second-order valence-corrected chi connectivity index (χ2v) is 7.26. The van der Waals surface area contributed by atoms with Crippen LogP contribution in [0.15, 0.2) is 34.3 Å². The summed E-state index contributed by atoms with van der Waals surface area (Å²) in [6, 6.07) is 1.33. The van der Waals surface area contributed by atoms with E-state index in [9.17, 15) is 31.5 Å². The number of hydrogen-bond donors (Lipinski definition) is 1. The third kappa shape index (κ3) is 4.56. The summed E-state index contributed by atoms with van der Waals surface area (Å²) in [5, 5.41) is 12.7. The molecule has 1 aliphatic heterocycles. The number of carboxylic acid groups (broad SMARTS) is 1. The molecule has 1 N–H and O–H groups in total. The standard InChI is InChI=1S/C13H13F3N4O5S/c14-13(15,16)25-9-1-3-10(4-2-9)26(23,24)20-6-5-8(18-19-17)7-11(20)12(21)22/h1-4,8,11H,5-7H2,(H,21,22)/t8-,11-/m1/s1. The summed E-state index contributed by atoms with van der Waals surface area (Å²) in [7, 11) is -4.27. The molecule has 1 aromatic carbocycles. The summed E-state index contributed by atoms with van der Waals surface area (Å²) >= 11 is 0. The molecule has 1 aromatic rings. The van der Waals surface area contributed by atoms with Gasteiger partial charge in [0.1, 0.15) is 11.8 Å². The van der Waals surface area contributed by atoms with Gasteiger partial charge < -0.3 is 9.84 Å². The average molecular weight is 394 g/mol. The van der Waals surface area contributed by atoms with Gasteiger partial charge in [0.05, 0.1) is 4.90 Å². The number of ether oxygens (including phenoxy) is 1. The van der Waals surface area contributed by atoms with Crippen LogP contribution in [0.2, 0.25) is 0 Å². The zero-order chi connectivity index (χ0) is 19.5. The fraction of sp³-hybridized carbons (Fsp3) is 0.462. The second kappa shape index (κ2) is 7.40. The van der Waals surface area contributed by atoms with Crippen LogP contribution in [0.25, 0.3) is 10.4 Å². The van der Waals surface area contributed by atoms with Crippen LogP contribution in [0.1, 0.15) is 12.8 Å².